The predicted octanol–water partition coefficient (Wildman–Crippen LogP) is 5.98. The van der Waals surface area contributed by atoms with Gasteiger partial charge < -0.3 is 73.6 Å². The summed E-state index contributed by atoms with van der Waals surface area (Å²) in [5.74, 6) is -4.98. The minimum atomic E-state index is -1.57. The maximum absolute atomic E-state index is 13.9. The summed E-state index contributed by atoms with van der Waals surface area (Å²) in [5, 5.41) is 75.7. The van der Waals surface area contributed by atoms with Crippen molar-refractivity contribution in [1.29, 1.82) is 0 Å². The number of ether oxygens (including phenoxy) is 8. The Morgan fingerprint density at radius 3 is 2.17 bits per heavy atom. The van der Waals surface area contributed by atoms with Crippen molar-refractivity contribution in [2.75, 3.05) is 13.7 Å². The molecule has 0 aliphatic carbocycles. The largest absolute Gasteiger partial charge is 0.505 e. The Morgan fingerprint density at radius 1 is 0.901 bits per heavy atom. The molecule has 0 bridgehead atoms. The number of esters is 3. The number of aromatic hydroxyl groups is 2. The molecule has 20 heteroatoms. The number of hydrogen-bond acceptors (Lipinski definition) is 18. The Morgan fingerprint density at radius 2 is 1.56 bits per heavy atom. The van der Waals surface area contributed by atoms with E-state index in [9.17, 15) is 50.1 Å². The molecule has 3 aliphatic rings. The van der Waals surface area contributed by atoms with Gasteiger partial charge in [-0.25, -0.2) is 9.59 Å². The molecule has 3 heterocycles. The Balaban J connectivity index is 1.63. The van der Waals surface area contributed by atoms with Crippen LogP contribution in [-0.2, 0) is 47.5 Å². The fourth-order valence-electron chi connectivity index (χ4n) is 8.29. The van der Waals surface area contributed by atoms with Gasteiger partial charge in [-0.15, -0.1) is 0 Å². The second-order valence-electron chi connectivity index (χ2n) is 19.2. The average Bonchev–Trinajstić information content (AvgIpc) is 3.30. The number of phenolic OH excluding ortho intramolecular Hbond substituents is 2. The summed E-state index contributed by atoms with van der Waals surface area (Å²) >= 11 is 12.1. The molecule has 71 heavy (non-hydrogen) atoms. The summed E-state index contributed by atoms with van der Waals surface area (Å²) in [7, 11) is 1.26. The Bertz CT molecular complexity index is 2170. The van der Waals surface area contributed by atoms with Crippen LogP contribution in [0.3, 0.4) is 0 Å². The van der Waals surface area contributed by atoms with E-state index in [1.807, 2.05) is 32.9 Å². The molecule has 398 valence electrons. The highest BCUT2D eigenvalue weighted by atomic mass is 35.5. The van der Waals surface area contributed by atoms with Crippen molar-refractivity contribution in [3.05, 3.63) is 79.9 Å². The van der Waals surface area contributed by atoms with Crippen LogP contribution in [0.25, 0.3) is 0 Å². The lowest BCUT2D eigenvalue weighted by Gasteiger charge is -2.47. The molecule has 7 N–H and O–H groups in total. The van der Waals surface area contributed by atoms with E-state index in [0.29, 0.717) is 23.1 Å². The molecule has 18 nitrogen and oxygen atoms in total. The van der Waals surface area contributed by atoms with Gasteiger partial charge in [0.25, 0.3) is 0 Å². The summed E-state index contributed by atoms with van der Waals surface area (Å²) in [6, 6.07) is 0. The van der Waals surface area contributed by atoms with Crippen LogP contribution >= 0.6 is 23.2 Å². The lowest BCUT2D eigenvalue weighted by atomic mass is 9.88. The Hall–Kier alpha value is -3.89. The van der Waals surface area contributed by atoms with Crippen molar-refractivity contribution in [1.82, 2.24) is 0 Å². The first-order valence-electron chi connectivity index (χ1n) is 23.6. The average molecular weight is 1040 g/mol. The third kappa shape index (κ3) is 14.7. The summed E-state index contributed by atoms with van der Waals surface area (Å²) in [6.45, 7) is 17.7. The number of carbonyl (C=O) groups excluding carboxylic acids is 3. The minimum Gasteiger partial charge on any atom is -0.505 e. The summed E-state index contributed by atoms with van der Waals surface area (Å²) < 4.78 is 47.6. The van der Waals surface area contributed by atoms with Crippen molar-refractivity contribution in [2.45, 2.75) is 181 Å². The molecule has 0 aromatic heterocycles. The molecular formula is C51H72Cl2O18. The van der Waals surface area contributed by atoms with Gasteiger partial charge in [0.2, 0.25) is 0 Å². The van der Waals surface area contributed by atoms with Gasteiger partial charge in [-0.2, -0.15) is 0 Å². The maximum Gasteiger partial charge on any atom is 0.342 e. The van der Waals surface area contributed by atoms with E-state index in [1.54, 1.807) is 46.8 Å². The first-order valence-corrected chi connectivity index (χ1v) is 24.4. The topological polar surface area (TPSA) is 267 Å². The number of cyclic esters (lactones) is 1. The van der Waals surface area contributed by atoms with Gasteiger partial charge in [-0.05, 0) is 91.0 Å². The van der Waals surface area contributed by atoms with E-state index < -0.39 is 144 Å². The van der Waals surface area contributed by atoms with Crippen LogP contribution in [-0.4, -0.2) is 153 Å². The predicted molar refractivity (Wildman–Crippen MR) is 260 cm³/mol. The van der Waals surface area contributed by atoms with E-state index in [2.05, 4.69) is 0 Å². The van der Waals surface area contributed by atoms with Crippen molar-refractivity contribution in [3.63, 3.8) is 0 Å². The van der Waals surface area contributed by atoms with Crippen LogP contribution in [0.4, 0.5) is 0 Å². The Labute approximate surface area is 425 Å². The molecule has 0 unspecified atom stereocenters. The molecule has 1 aromatic rings. The van der Waals surface area contributed by atoms with E-state index >= 15 is 0 Å². The molecule has 1 aromatic carbocycles. The number of halogens is 2. The molecule has 4 rings (SSSR count). The van der Waals surface area contributed by atoms with Crippen LogP contribution in [0.5, 0.6) is 11.5 Å². The number of rotatable bonds is 12. The normalized spacial score (nSPS) is 35.2. The van der Waals surface area contributed by atoms with Crippen LogP contribution < -0.4 is 0 Å². The maximum atomic E-state index is 13.9. The lowest BCUT2D eigenvalue weighted by Crippen LogP contribution is -2.64. The molecule has 2 saturated heterocycles. The number of aliphatic hydroxyl groups excluding tert-OH is 5. The summed E-state index contributed by atoms with van der Waals surface area (Å²) in [5.41, 5.74) is 0.153. The molecule has 0 radical (unpaired) electrons. The standard InChI is InChI=1S/C51H72Cl2O18/c1-13-30-21-25(5)32(55)17-15-14-16-31(22-65-49-43(64-12)39(58)42(29(9)66-49)68-48(63)34-27(7)35(52)38(57)36(53)37(34)56)47(62)67-33(28(8)54)19-18-24(4)20-26(6)41(30)70-50-44(69-46(61)23(2)3)40(59)45(60)51(10,11)71-50/h14-16,18,20-21,23,28-30,32-33,39-45,49-50,54-60H,13,17,19,22H2,1-12H3/b15-14-,24-18-,25-21-,26-20-,31-16-/t28-,29+,30+,32-,33+,39-,40+,41+,42+,43-,44+,45+,49+,50-/m0/s1. The lowest BCUT2D eigenvalue weighted by molar-refractivity contribution is -0.333. The fourth-order valence-corrected chi connectivity index (χ4v) is 8.71. The second-order valence-corrected chi connectivity index (χ2v) is 19.9. The van der Waals surface area contributed by atoms with E-state index in [-0.39, 0.29) is 29.0 Å². The fraction of sp³-hybridized carbons (Fsp3) is 0.627. The molecular weight excluding hydrogens is 971 g/mol. The van der Waals surface area contributed by atoms with Gasteiger partial charge in [-0.3, -0.25) is 4.79 Å². The summed E-state index contributed by atoms with van der Waals surface area (Å²) in [6.07, 6.45) is -5.56. The third-order valence-corrected chi connectivity index (χ3v) is 13.6. The monoisotopic (exact) mass is 1040 g/mol. The van der Waals surface area contributed by atoms with Gasteiger partial charge in [0.15, 0.2) is 36.3 Å². The van der Waals surface area contributed by atoms with Crippen LogP contribution in [0.15, 0.2) is 58.7 Å². The zero-order valence-corrected chi connectivity index (χ0v) is 43.8. The van der Waals surface area contributed by atoms with Gasteiger partial charge in [0, 0.05) is 19.4 Å². The molecule has 14 atom stereocenters. The van der Waals surface area contributed by atoms with Crippen LogP contribution in [0.1, 0.15) is 104 Å². The highest BCUT2D eigenvalue weighted by molar-refractivity contribution is 6.39. The van der Waals surface area contributed by atoms with Gasteiger partial charge in [0.1, 0.15) is 41.1 Å². The zero-order valence-electron chi connectivity index (χ0n) is 42.3. The third-order valence-electron chi connectivity index (χ3n) is 12.8. The summed E-state index contributed by atoms with van der Waals surface area (Å²) in [4.78, 5) is 40.1. The molecule has 0 saturated carbocycles. The molecule has 0 spiro atoms. The number of allylic oxidation sites excluding steroid dienone is 4. The molecule has 2 fully saturated rings. The SMILES string of the molecule is CC[C@@H]1/C=C(/C)[C@@H](O)C/C=C\C=C(\CO[C@@H]2O[C@H](C)[C@@H](OC(=O)c3c(C)c(Cl)c(O)c(Cl)c3O)[C@H](O)[C@@H]2OC)C(=O)O[C@@H]([C@H](C)O)C/C=C(C)\C=C(\C)[C@H]1O[C@H]1OC(C)(C)[C@H](O)[C@H](O)[C@H]1OC(=O)C(C)C. The van der Waals surface area contributed by atoms with Crippen LogP contribution in [0.2, 0.25) is 10.0 Å². The van der Waals surface area contributed by atoms with Gasteiger partial charge in [0.05, 0.1) is 53.1 Å². The number of carbonyl (C=O) groups is 3. The second kappa shape index (κ2) is 25.9. The number of phenols is 2. The first-order chi connectivity index (χ1) is 33.2. The highest BCUT2D eigenvalue weighted by Crippen LogP contribution is 2.44. The minimum absolute atomic E-state index is 0.0290. The molecule has 0 amide bonds. The van der Waals surface area contributed by atoms with E-state index in [1.165, 1.54) is 40.0 Å². The number of methoxy groups -OCH3 is 1. The quantitative estimate of drug-likeness (QED) is 0.0721. The molecule has 3 aliphatic heterocycles. The first kappa shape index (κ1) is 59.7. The number of hydrogen-bond donors (Lipinski definition) is 7. The zero-order chi connectivity index (χ0) is 53.4. The van der Waals surface area contributed by atoms with Crippen molar-refractivity contribution >= 4 is 41.1 Å². The highest BCUT2D eigenvalue weighted by Gasteiger charge is 2.53. The van der Waals surface area contributed by atoms with Gasteiger partial charge in [-0.1, -0.05) is 79.9 Å². The number of aliphatic hydroxyl groups is 5. The van der Waals surface area contributed by atoms with E-state index in [0.717, 1.165) is 0 Å². The van der Waals surface area contributed by atoms with Crippen molar-refractivity contribution in [2.24, 2.45) is 11.8 Å². The smallest absolute Gasteiger partial charge is 0.342 e. The van der Waals surface area contributed by atoms with Gasteiger partial charge >= 0.3 is 17.9 Å². The van der Waals surface area contributed by atoms with Crippen LogP contribution in [0, 0.1) is 18.8 Å². The van der Waals surface area contributed by atoms with Crippen molar-refractivity contribution in [3.8, 4) is 11.5 Å². The van der Waals surface area contributed by atoms with E-state index in [4.69, 9.17) is 61.1 Å². The Kier molecular flexibility index (Phi) is 21.7. The number of benzene rings is 1. The van der Waals surface area contributed by atoms with Crippen molar-refractivity contribution < 1.29 is 88.0 Å².